The Morgan fingerprint density at radius 3 is 2.76 bits per heavy atom. The molecular formula is C16H16BrNO2S. The van der Waals surface area contributed by atoms with Crippen LogP contribution in [0.1, 0.15) is 10.4 Å². The van der Waals surface area contributed by atoms with Crippen LogP contribution in [-0.2, 0) is 11.3 Å². The lowest BCUT2D eigenvalue weighted by molar-refractivity contribution is -0.125. The number of carbonyl (C=O) groups is 1. The van der Waals surface area contributed by atoms with Gasteiger partial charge in [-0.25, -0.2) is 0 Å². The number of thiophene rings is 1. The highest BCUT2D eigenvalue weighted by Gasteiger charge is 2.08. The molecule has 0 radical (unpaired) electrons. The maximum atomic E-state index is 12.1. The highest BCUT2D eigenvalue weighted by atomic mass is 79.9. The van der Waals surface area contributed by atoms with Crippen LogP contribution in [0.4, 0.5) is 0 Å². The summed E-state index contributed by atoms with van der Waals surface area (Å²) in [5.74, 6) is 0.719. The first-order valence-electron chi connectivity index (χ1n) is 6.40. The van der Waals surface area contributed by atoms with E-state index in [0.717, 1.165) is 20.0 Å². The molecule has 3 nitrogen and oxygen atoms in total. The lowest BCUT2D eigenvalue weighted by Gasteiger charge is -2.13. The molecule has 0 spiro atoms. The fourth-order valence-corrected chi connectivity index (χ4v) is 3.38. The Balaban J connectivity index is 2.01. The Morgan fingerprint density at radius 2 is 2.10 bits per heavy atom. The van der Waals surface area contributed by atoms with Crippen molar-refractivity contribution in [3.05, 3.63) is 56.7 Å². The second-order valence-electron chi connectivity index (χ2n) is 4.48. The van der Waals surface area contributed by atoms with Crippen molar-refractivity contribution >= 4 is 39.2 Å². The van der Waals surface area contributed by atoms with Gasteiger partial charge in [0, 0.05) is 23.6 Å². The molecule has 0 saturated carbocycles. The Bertz CT molecular complexity index is 651. The van der Waals surface area contributed by atoms with Crippen LogP contribution < -0.4 is 4.74 Å². The minimum Gasteiger partial charge on any atom is -0.496 e. The second-order valence-corrected chi connectivity index (χ2v) is 7.02. The van der Waals surface area contributed by atoms with Crippen molar-refractivity contribution in [2.45, 2.75) is 6.54 Å². The van der Waals surface area contributed by atoms with Gasteiger partial charge in [-0.05, 0) is 40.2 Å². The molecule has 0 atom stereocenters. The van der Waals surface area contributed by atoms with Crippen LogP contribution in [0.3, 0.4) is 0 Å². The molecule has 110 valence electrons. The fraction of sp³-hybridized carbons (Fsp3) is 0.188. The van der Waals surface area contributed by atoms with Gasteiger partial charge in [-0.2, -0.15) is 0 Å². The number of rotatable bonds is 5. The van der Waals surface area contributed by atoms with Crippen LogP contribution in [0.25, 0.3) is 6.08 Å². The summed E-state index contributed by atoms with van der Waals surface area (Å²) in [6, 6.07) is 11.6. The van der Waals surface area contributed by atoms with Gasteiger partial charge >= 0.3 is 0 Å². The van der Waals surface area contributed by atoms with Crippen molar-refractivity contribution in [1.82, 2.24) is 4.90 Å². The summed E-state index contributed by atoms with van der Waals surface area (Å²) < 4.78 is 6.33. The third kappa shape index (κ3) is 4.44. The van der Waals surface area contributed by atoms with E-state index in [2.05, 4.69) is 15.9 Å². The Labute approximate surface area is 137 Å². The number of hydrogen-bond acceptors (Lipinski definition) is 3. The molecule has 1 aromatic heterocycles. The lowest BCUT2D eigenvalue weighted by Crippen LogP contribution is -2.23. The number of ether oxygens (including phenoxy) is 1. The van der Waals surface area contributed by atoms with Crippen molar-refractivity contribution in [3.8, 4) is 5.75 Å². The zero-order chi connectivity index (χ0) is 15.2. The van der Waals surface area contributed by atoms with Crippen LogP contribution in [0.5, 0.6) is 5.75 Å². The predicted molar refractivity (Wildman–Crippen MR) is 90.5 cm³/mol. The first-order valence-corrected chi connectivity index (χ1v) is 8.01. The highest BCUT2D eigenvalue weighted by molar-refractivity contribution is 9.11. The van der Waals surface area contributed by atoms with E-state index in [9.17, 15) is 4.79 Å². The van der Waals surface area contributed by atoms with Gasteiger partial charge in [0.05, 0.1) is 17.4 Å². The molecule has 1 heterocycles. The molecule has 1 aromatic carbocycles. The smallest absolute Gasteiger partial charge is 0.246 e. The molecule has 1 amide bonds. The Hall–Kier alpha value is -1.59. The number of para-hydroxylation sites is 1. The summed E-state index contributed by atoms with van der Waals surface area (Å²) >= 11 is 5.06. The number of methoxy groups -OCH3 is 1. The molecule has 0 bridgehead atoms. The van der Waals surface area contributed by atoms with E-state index < -0.39 is 0 Å². The van der Waals surface area contributed by atoms with E-state index in [-0.39, 0.29) is 5.91 Å². The fourth-order valence-electron chi connectivity index (χ4n) is 1.84. The van der Waals surface area contributed by atoms with Crippen molar-refractivity contribution < 1.29 is 9.53 Å². The minimum atomic E-state index is -0.0366. The topological polar surface area (TPSA) is 29.5 Å². The molecule has 0 aliphatic carbocycles. The summed E-state index contributed by atoms with van der Waals surface area (Å²) in [6.45, 7) is 0.603. The predicted octanol–water partition coefficient (Wildman–Crippen LogP) is 4.19. The van der Waals surface area contributed by atoms with Gasteiger partial charge in [-0.3, -0.25) is 4.79 Å². The van der Waals surface area contributed by atoms with E-state index in [1.807, 2.05) is 36.4 Å². The van der Waals surface area contributed by atoms with Gasteiger partial charge in [0.2, 0.25) is 5.91 Å². The number of nitrogens with zero attached hydrogens (tertiary/aromatic N) is 1. The number of amides is 1. The maximum Gasteiger partial charge on any atom is 0.246 e. The lowest BCUT2D eigenvalue weighted by atomic mass is 10.2. The zero-order valence-electron chi connectivity index (χ0n) is 11.9. The van der Waals surface area contributed by atoms with E-state index in [1.165, 1.54) is 0 Å². The molecule has 0 saturated heterocycles. The van der Waals surface area contributed by atoms with Crippen LogP contribution >= 0.6 is 27.3 Å². The van der Waals surface area contributed by atoms with Gasteiger partial charge < -0.3 is 9.64 Å². The number of hydrogen-bond donors (Lipinski definition) is 0. The van der Waals surface area contributed by atoms with Crippen LogP contribution in [0.15, 0.2) is 46.3 Å². The van der Waals surface area contributed by atoms with Crippen molar-refractivity contribution in [2.75, 3.05) is 14.2 Å². The van der Waals surface area contributed by atoms with Gasteiger partial charge in [-0.1, -0.05) is 18.2 Å². The summed E-state index contributed by atoms with van der Waals surface area (Å²) in [5, 5.41) is 0. The summed E-state index contributed by atoms with van der Waals surface area (Å²) in [7, 11) is 3.41. The van der Waals surface area contributed by atoms with E-state index in [1.54, 1.807) is 42.5 Å². The first kappa shape index (κ1) is 15.8. The van der Waals surface area contributed by atoms with Crippen molar-refractivity contribution in [3.63, 3.8) is 0 Å². The average Bonchev–Trinajstić information content (AvgIpc) is 2.90. The summed E-state index contributed by atoms with van der Waals surface area (Å²) in [5.41, 5.74) is 0.889. The molecule has 0 N–H and O–H groups in total. The van der Waals surface area contributed by atoms with Crippen LogP contribution in [-0.4, -0.2) is 25.0 Å². The van der Waals surface area contributed by atoms with E-state index >= 15 is 0 Å². The quantitative estimate of drug-likeness (QED) is 0.743. The third-order valence-electron chi connectivity index (χ3n) is 2.94. The Kier molecular flexibility index (Phi) is 5.59. The normalized spacial score (nSPS) is 10.8. The summed E-state index contributed by atoms with van der Waals surface area (Å²) in [6.07, 6.45) is 3.35. The molecular weight excluding hydrogens is 350 g/mol. The minimum absolute atomic E-state index is 0.0366. The van der Waals surface area contributed by atoms with Gasteiger partial charge in [0.1, 0.15) is 5.75 Å². The molecule has 2 rings (SSSR count). The standard InChI is InChI=1S/C16H16BrNO2S/c1-18(11-13-8-9-15(17)21-13)16(19)10-7-12-5-3-4-6-14(12)20-2/h3-10H,11H2,1-2H3/b10-7+. The first-order chi connectivity index (χ1) is 10.1. The Morgan fingerprint density at radius 1 is 1.33 bits per heavy atom. The monoisotopic (exact) mass is 365 g/mol. The molecule has 0 fully saturated rings. The maximum absolute atomic E-state index is 12.1. The van der Waals surface area contributed by atoms with Crippen LogP contribution in [0.2, 0.25) is 0 Å². The van der Waals surface area contributed by atoms with Crippen molar-refractivity contribution in [1.29, 1.82) is 0 Å². The molecule has 5 heteroatoms. The third-order valence-corrected chi connectivity index (χ3v) is 4.55. The van der Waals surface area contributed by atoms with Crippen molar-refractivity contribution in [2.24, 2.45) is 0 Å². The highest BCUT2D eigenvalue weighted by Crippen LogP contribution is 2.23. The molecule has 0 aliphatic heterocycles. The average molecular weight is 366 g/mol. The second kappa shape index (κ2) is 7.43. The number of halogens is 1. The van der Waals surface area contributed by atoms with Crippen LogP contribution in [0, 0.1) is 0 Å². The number of likely N-dealkylation sites (N-methyl/N-ethyl adjacent to an activating group) is 1. The molecule has 0 unspecified atom stereocenters. The number of carbonyl (C=O) groups excluding carboxylic acids is 1. The zero-order valence-corrected chi connectivity index (χ0v) is 14.3. The van der Waals surface area contributed by atoms with E-state index in [4.69, 9.17) is 4.74 Å². The molecule has 21 heavy (non-hydrogen) atoms. The molecule has 0 aliphatic rings. The SMILES string of the molecule is COc1ccccc1/C=C/C(=O)N(C)Cc1ccc(Br)s1. The number of benzene rings is 1. The van der Waals surface area contributed by atoms with Gasteiger partial charge in [0.15, 0.2) is 0 Å². The van der Waals surface area contributed by atoms with E-state index in [0.29, 0.717) is 6.54 Å². The molecule has 2 aromatic rings. The van der Waals surface area contributed by atoms with Gasteiger partial charge in [-0.15, -0.1) is 11.3 Å². The summed E-state index contributed by atoms with van der Waals surface area (Å²) in [4.78, 5) is 14.9. The van der Waals surface area contributed by atoms with Gasteiger partial charge in [0.25, 0.3) is 0 Å². The largest absolute Gasteiger partial charge is 0.496 e.